The zero-order chi connectivity index (χ0) is 27.8. The average molecular weight is 549 g/mol. The van der Waals surface area contributed by atoms with Crippen molar-refractivity contribution in [1.82, 2.24) is 15.5 Å². The predicted molar refractivity (Wildman–Crippen MR) is 156 cm³/mol. The Morgan fingerprint density at radius 3 is 2.54 bits per heavy atom. The molecule has 1 aromatic heterocycles. The van der Waals surface area contributed by atoms with E-state index in [0.717, 1.165) is 22.1 Å². The molecular weight excluding hydrogens is 512 g/mol. The number of carbonyl (C=O) groups is 3. The predicted octanol–water partition coefficient (Wildman–Crippen LogP) is 2.44. The van der Waals surface area contributed by atoms with Gasteiger partial charge in [-0.15, -0.1) is 11.3 Å². The fourth-order valence-corrected chi connectivity index (χ4v) is 6.04. The number of likely N-dealkylation sites (N-methyl/N-ethyl adjacent to an activating group) is 1. The Labute approximate surface area is 232 Å². The molecule has 1 aliphatic heterocycles. The van der Waals surface area contributed by atoms with E-state index < -0.39 is 18.1 Å². The molecule has 1 fully saturated rings. The lowest BCUT2D eigenvalue weighted by atomic mass is 10.0. The summed E-state index contributed by atoms with van der Waals surface area (Å²) in [4.78, 5) is 46.9. The van der Waals surface area contributed by atoms with E-state index >= 15 is 0 Å². The smallest absolute Gasteiger partial charge is 0.243 e. The number of carbonyl (C=O) groups excluding carboxylic acids is 3. The van der Waals surface area contributed by atoms with Gasteiger partial charge in [-0.05, 0) is 62.2 Å². The lowest BCUT2D eigenvalue weighted by molar-refractivity contribution is -0.140. The van der Waals surface area contributed by atoms with Crippen molar-refractivity contribution in [3.8, 4) is 0 Å². The number of thiophene rings is 1. The normalized spacial score (nSPS) is 16.5. The van der Waals surface area contributed by atoms with Gasteiger partial charge in [-0.3, -0.25) is 19.4 Å². The molecule has 1 unspecified atom stereocenters. The molecule has 2 amide bonds. The SMILES string of the molecule is CN[C@H](Cc1ccccc1)C(=O)N1CCC[C@H]1C(=O)NC(CCCN=C(N)N)C(=O)c1cc2ccccc2s1. The van der Waals surface area contributed by atoms with E-state index in [0.29, 0.717) is 43.6 Å². The minimum Gasteiger partial charge on any atom is -0.370 e. The number of fused-ring (bicyclic) bond motifs is 1. The van der Waals surface area contributed by atoms with Crippen LogP contribution in [0.3, 0.4) is 0 Å². The number of guanidine groups is 1. The Kier molecular flexibility index (Phi) is 9.67. The van der Waals surface area contributed by atoms with Crippen molar-refractivity contribution in [3.05, 3.63) is 71.1 Å². The number of benzene rings is 2. The van der Waals surface area contributed by atoms with Gasteiger partial charge in [0.25, 0.3) is 0 Å². The van der Waals surface area contributed by atoms with Crippen molar-refractivity contribution < 1.29 is 14.4 Å². The second-order valence-corrected chi connectivity index (χ2v) is 10.8. The number of Topliss-reactive ketones (excluding diaryl/α,β-unsaturated/α-hetero) is 1. The fraction of sp³-hybridized carbons (Fsp3) is 0.379. The minimum atomic E-state index is -0.748. The number of nitrogens with zero attached hydrogens (tertiary/aromatic N) is 2. The molecule has 3 aromatic rings. The third-order valence-corrected chi connectivity index (χ3v) is 8.15. The summed E-state index contributed by atoms with van der Waals surface area (Å²) < 4.78 is 1.01. The van der Waals surface area contributed by atoms with Gasteiger partial charge >= 0.3 is 0 Å². The monoisotopic (exact) mass is 548 g/mol. The second-order valence-electron chi connectivity index (χ2n) is 9.74. The van der Waals surface area contributed by atoms with Crippen LogP contribution in [0, 0.1) is 0 Å². The highest BCUT2D eigenvalue weighted by molar-refractivity contribution is 7.20. The lowest BCUT2D eigenvalue weighted by Gasteiger charge is -2.29. The molecule has 39 heavy (non-hydrogen) atoms. The number of hydrogen-bond acceptors (Lipinski definition) is 6. The first-order chi connectivity index (χ1) is 18.9. The number of likely N-dealkylation sites (tertiary alicyclic amines) is 1. The number of aliphatic imine (C=N–C) groups is 1. The minimum absolute atomic E-state index is 0.0129. The van der Waals surface area contributed by atoms with Crippen molar-refractivity contribution in [1.29, 1.82) is 0 Å². The van der Waals surface area contributed by atoms with Gasteiger partial charge in [-0.2, -0.15) is 0 Å². The summed E-state index contributed by atoms with van der Waals surface area (Å²) in [5, 5.41) is 7.08. The molecular formula is C29H36N6O3S. The van der Waals surface area contributed by atoms with Gasteiger partial charge in [0.2, 0.25) is 11.8 Å². The topological polar surface area (TPSA) is 143 Å². The highest BCUT2D eigenvalue weighted by Crippen LogP contribution is 2.27. The third-order valence-electron chi connectivity index (χ3n) is 7.01. The van der Waals surface area contributed by atoms with Crippen LogP contribution in [-0.2, 0) is 16.0 Å². The number of amides is 2. The standard InChI is InChI=1S/C29H36N6O3S/c1-32-22(17-19-9-3-2-4-10-19)28(38)35-16-8-13-23(35)27(37)34-21(12-7-15-33-29(30)31)26(36)25-18-20-11-5-6-14-24(20)39-25/h2-6,9-11,14,18,21-23,32H,7-8,12-13,15-17H2,1H3,(H,34,37)(H4,30,31,33)/t21?,22-,23+/m1/s1. The molecule has 1 aliphatic rings. The molecule has 1 saturated heterocycles. The molecule has 0 bridgehead atoms. The van der Waals surface area contributed by atoms with Crippen LogP contribution in [0.1, 0.15) is 40.9 Å². The lowest BCUT2D eigenvalue weighted by Crippen LogP contribution is -2.54. The molecule has 2 heterocycles. The van der Waals surface area contributed by atoms with Gasteiger partial charge in [0.1, 0.15) is 6.04 Å². The fourth-order valence-electron chi connectivity index (χ4n) is 4.98. The van der Waals surface area contributed by atoms with Crippen molar-refractivity contribution in [2.24, 2.45) is 16.5 Å². The first-order valence-electron chi connectivity index (χ1n) is 13.3. The zero-order valence-corrected chi connectivity index (χ0v) is 23.0. The second kappa shape index (κ2) is 13.3. The highest BCUT2D eigenvalue weighted by atomic mass is 32.1. The Bertz CT molecular complexity index is 1290. The molecule has 206 valence electrons. The van der Waals surface area contributed by atoms with Crippen LogP contribution >= 0.6 is 11.3 Å². The number of hydrogen-bond donors (Lipinski definition) is 4. The van der Waals surface area contributed by atoms with E-state index in [2.05, 4.69) is 15.6 Å². The van der Waals surface area contributed by atoms with Crippen LogP contribution in [0.2, 0.25) is 0 Å². The van der Waals surface area contributed by atoms with Crippen molar-refractivity contribution >= 4 is 45.0 Å². The number of rotatable bonds is 12. The Morgan fingerprint density at radius 1 is 1.08 bits per heavy atom. The van der Waals surface area contributed by atoms with Crippen LogP contribution < -0.4 is 22.1 Å². The summed E-state index contributed by atoms with van der Waals surface area (Å²) >= 11 is 1.41. The Balaban J connectivity index is 1.48. The van der Waals surface area contributed by atoms with E-state index in [4.69, 9.17) is 11.5 Å². The Hall–Kier alpha value is -3.76. The zero-order valence-electron chi connectivity index (χ0n) is 22.1. The van der Waals surface area contributed by atoms with Gasteiger partial charge in [-0.1, -0.05) is 48.5 Å². The molecule has 0 radical (unpaired) electrons. The van der Waals surface area contributed by atoms with Crippen molar-refractivity contribution in [2.75, 3.05) is 20.1 Å². The first kappa shape index (κ1) is 28.3. The van der Waals surface area contributed by atoms with E-state index in [1.165, 1.54) is 11.3 Å². The van der Waals surface area contributed by atoms with Gasteiger partial charge < -0.3 is 27.0 Å². The maximum Gasteiger partial charge on any atom is 0.243 e. The molecule has 9 nitrogen and oxygen atoms in total. The van der Waals surface area contributed by atoms with E-state index in [-0.39, 0.29) is 23.6 Å². The van der Waals surface area contributed by atoms with Gasteiger partial charge in [0.15, 0.2) is 11.7 Å². The van der Waals surface area contributed by atoms with Crippen molar-refractivity contribution in [3.63, 3.8) is 0 Å². The molecule has 10 heteroatoms. The van der Waals surface area contributed by atoms with Crippen molar-refractivity contribution in [2.45, 2.75) is 50.2 Å². The maximum atomic E-state index is 13.6. The van der Waals surface area contributed by atoms with Crippen LogP contribution in [0.15, 0.2) is 65.7 Å². The van der Waals surface area contributed by atoms with E-state index in [1.54, 1.807) is 11.9 Å². The largest absolute Gasteiger partial charge is 0.370 e. The summed E-state index contributed by atoms with van der Waals surface area (Å²) in [5.41, 5.74) is 11.9. The van der Waals surface area contributed by atoms with E-state index in [1.807, 2.05) is 60.7 Å². The summed E-state index contributed by atoms with van der Waals surface area (Å²) in [7, 11) is 1.76. The maximum absolute atomic E-state index is 13.6. The molecule has 0 spiro atoms. The number of nitrogens with two attached hydrogens (primary N) is 2. The summed E-state index contributed by atoms with van der Waals surface area (Å²) in [5.74, 6) is -0.584. The first-order valence-corrected chi connectivity index (χ1v) is 14.1. The average Bonchev–Trinajstić information content (AvgIpc) is 3.61. The van der Waals surface area contributed by atoms with Crippen LogP contribution in [0.25, 0.3) is 10.1 Å². The van der Waals surface area contributed by atoms with Crippen LogP contribution in [0.5, 0.6) is 0 Å². The molecule has 0 saturated carbocycles. The quantitative estimate of drug-likeness (QED) is 0.119. The molecule has 0 aliphatic carbocycles. The van der Waals surface area contributed by atoms with Gasteiger partial charge in [0.05, 0.1) is 17.0 Å². The summed E-state index contributed by atoms with van der Waals surface area (Å²) in [6, 6.07) is 17.6. The van der Waals surface area contributed by atoms with Gasteiger partial charge in [-0.25, -0.2) is 0 Å². The number of ketones is 1. The van der Waals surface area contributed by atoms with Crippen LogP contribution in [-0.4, -0.2) is 66.7 Å². The summed E-state index contributed by atoms with van der Waals surface area (Å²) in [6.45, 7) is 0.856. The van der Waals surface area contributed by atoms with Gasteiger partial charge in [0, 0.05) is 17.8 Å². The number of nitrogens with one attached hydrogen (secondary N) is 2. The van der Waals surface area contributed by atoms with Crippen LogP contribution in [0.4, 0.5) is 0 Å². The molecule has 6 N–H and O–H groups in total. The van der Waals surface area contributed by atoms with E-state index in [9.17, 15) is 14.4 Å². The molecule has 2 aromatic carbocycles. The highest BCUT2D eigenvalue weighted by Gasteiger charge is 2.38. The Morgan fingerprint density at radius 2 is 1.82 bits per heavy atom. The third kappa shape index (κ3) is 7.21. The molecule has 4 rings (SSSR count). The molecule has 3 atom stereocenters. The summed E-state index contributed by atoms with van der Waals surface area (Å²) in [6.07, 6.45) is 2.70.